The van der Waals surface area contributed by atoms with Crippen molar-refractivity contribution < 1.29 is 13.9 Å². The van der Waals surface area contributed by atoms with Crippen LogP contribution in [-0.2, 0) is 6.54 Å². The fourth-order valence-electron chi connectivity index (χ4n) is 2.44. The highest BCUT2D eigenvalue weighted by molar-refractivity contribution is 6.02. The molecule has 1 aromatic heterocycles. The first-order chi connectivity index (χ1) is 13.0. The van der Waals surface area contributed by atoms with E-state index in [1.807, 2.05) is 6.92 Å². The van der Waals surface area contributed by atoms with E-state index in [1.165, 1.54) is 28.9 Å². The molecule has 27 heavy (non-hydrogen) atoms. The fraction of sp³-hybridized carbons (Fsp3) is 0.150. The fourth-order valence-corrected chi connectivity index (χ4v) is 2.44. The standard InChI is InChI=1S/C20H18FN3O3/c1-2-27-17-9-7-16(8-10-17)22-20(26)18-11-12-19(25)24(23-18)13-14-3-5-15(21)6-4-14/h3-12H,2,13H2,1H3,(H,22,26). The van der Waals surface area contributed by atoms with Gasteiger partial charge in [-0.25, -0.2) is 9.07 Å². The van der Waals surface area contributed by atoms with Crippen molar-refractivity contribution in [3.8, 4) is 5.75 Å². The topological polar surface area (TPSA) is 73.2 Å². The molecule has 0 saturated heterocycles. The van der Waals surface area contributed by atoms with Gasteiger partial charge in [-0.15, -0.1) is 0 Å². The number of amides is 1. The Morgan fingerprint density at radius 3 is 2.44 bits per heavy atom. The first-order valence-electron chi connectivity index (χ1n) is 8.42. The van der Waals surface area contributed by atoms with Gasteiger partial charge in [0.2, 0.25) is 0 Å². The van der Waals surface area contributed by atoms with Gasteiger partial charge in [0.15, 0.2) is 0 Å². The smallest absolute Gasteiger partial charge is 0.276 e. The lowest BCUT2D eigenvalue weighted by molar-refractivity contribution is 0.102. The van der Waals surface area contributed by atoms with Crippen LogP contribution in [-0.4, -0.2) is 22.3 Å². The van der Waals surface area contributed by atoms with Crippen molar-refractivity contribution in [2.75, 3.05) is 11.9 Å². The van der Waals surface area contributed by atoms with Crippen LogP contribution in [0.5, 0.6) is 5.75 Å². The number of aromatic nitrogens is 2. The Labute approximate surface area is 155 Å². The Balaban J connectivity index is 1.75. The molecule has 3 rings (SSSR count). The van der Waals surface area contributed by atoms with Gasteiger partial charge in [0.05, 0.1) is 13.2 Å². The van der Waals surface area contributed by atoms with E-state index in [9.17, 15) is 14.0 Å². The van der Waals surface area contributed by atoms with Gasteiger partial charge in [-0.1, -0.05) is 12.1 Å². The lowest BCUT2D eigenvalue weighted by atomic mass is 10.2. The van der Waals surface area contributed by atoms with Crippen molar-refractivity contribution >= 4 is 11.6 Å². The Kier molecular flexibility index (Phi) is 5.61. The summed E-state index contributed by atoms with van der Waals surface area (Å²) in [5.41, 5.74) is 1.04. The summed E-state index contributed by atoms with van der Waals surface area (Å²) < 4.78 is 19.5. The Morgan fingerprint density at radius 2 is 1.78 bits per heavy atom. The van der Waals surface area contributed by atoms with Gasteiger partial charge < -0.3 is 10.1 Å². The third-order valence-corrected chi connectivity index (χ3v) is 3.77. The van der Waals surface area contributed by atoms with Gasteiger partial charge in [0, 0.05) is 11.8 Å². The van der Waals surface area contributed by atoms with Gasteiger partial charge >= 0.3 is 0 Å². The van der Waals surface area contributed by atoms with E-state index in [-0.39, 0.29) is 23.6 Å². The lowest BCUT2D eigenvalue weighted by Crippen LogP contribution is -2.26. The van der Waals surface area contributed by atoms with Crippen LogP contribution in [0.3, 0.4) is 0 Å². The van der Waals surface area contributed by atoms with Gasteiger partial charge in [-0.2, -0.15) is 5.10 Å². The summed E-state index contributed by atoms with van der Waals surface area (Å²) in [5, 5.41) is 6.83. The molecule has 1 heterocycles. The Hall–Kier alpha value is -3.48. The minimum Gasteiger partial charge on any atom is -0.494 e. The van der Waals surface area contributed by atoms with Crippen molar-refractivity contribution in [3.05, 3.63) is 88.1 Å². The molecule has 6 nitrogen and oxygen atoms in total. The number of hydrogen-bond donors (Lipinski definition) is 1. The van der Waals surface area contributed by atoms with E-state index < -0.39 is 5.91 Å². The third-order valence-electron chi connectivity index (χ3n) is 3.77. The maximum absolute atomic E-state index is 13.0. The van der Waals surface area contributed by atoms with Crippen LogP contribution in [0.4, 0.5) is 10.1 Å². The highest BCUT2D eigenvalue weighted by Gasteiger charge is 2.11. The summed E-state index contributed by atoms with van der Waals surface area (Å²) in [6, 6.07) is 15.3. The number of anilines is 1. The zero-order valence-corrected chi connectivity index (χ0v) is 14.7. The van der Waals surface area contributed by atoms with Crippen LogP contribution in [0.1, 0.15) is 23.0 Å². The number of carbonyl (C=O) groups is 1. The number of benzene rings is 2. The molecule has 0 aliphatic carbocycles. The molecule has 138 valence electrons. The minimum atomic E-state index is -0.438. The molecule has 0 radical (unpaired) electrons. The first-order valence-corrected chi connectivity index (χ1v) is 8.42. The molecule has 2 aromatic carbocycles. The molecule has 1 N–H and O–H groups in total. The van der Waals surface area contributed by atoms with Crippen molar-refractivity contribution in [2.24, 2.45) is 0 Å². The van der Waals surface area contributed by atoms with E-state index in [0.29, 0.717) is 23.6 Å². The van der Waals surface area contributed by atoms with E-state index in [0.717, 1.165) is 0 Å². The van der Waals surface area contributed by atoms with Crippen LogP contribution >= 0.6 is 0 Å². The minimum absolute atomic E-state index is 0.102. The molecule has 1 amide bonds. The molecular weight excluding hydrogens is 349 g/mol. The average Bonchev–Trinajstić information content (AvgIpc) is 2.67. The molecule has 0 bridgehead atoms. The second-order valence-electron chi connectivity index (χ2n) is 5.75. The highest BCUT2D eigenvalue weighted by atomic mass is 19.1. The van der Waals surface area contributed by atoms with E-state index in [2.05, 4.69) is 10.4 Å². The normalized spacial score (nSPS) is 10.4. The molecule has 7 heteroatoms. The van der Waals surface area contributed by atoms with Gasteiger partial charge in [0.1, 0.15) is 17.3 Å². The molecule has 3 aromatic rings. The quantitative estimate of drug-likeness (QED) is 0.727. The molecule has 0 fully saturated rings. The summed E-state index contributed by atoms with van der Waals surface area (Å²) >= 11 is 0. The SMILES string of the molecule is CCOc1ccc(NC(=O)c2ccc(=O)n(Cc3ccc(F)cc3)n2)cc1. The highest BCUT2D eigenvalue weighted by Crippen LogP contribution is 2.16. The summed E-state index contributed by atoms with van der Waals surface area (Å²) in [6.07, 6.45) is 0. The number of halogens is 1. The van der Waals surface area contributed by atoms with Crippen LogP contribution in [0, 0.1) is 5.82 Å². The Morgan fingerprint density at radius 1 is 1.07 bits per heavy atom. The van der Waals surface area contributed by atoms with E-state index in [4.69, 9.17) is 4.74 Å². The maximum atomic E-state index is 13.0. The van der Waals surface area contributed by atoms with Crippen molar-refractivity contribution in [1.82, 2.24) is 9.78 Å². The number of nitrogens with zero attached hydrogens (tertiary/aromatic N) is 2. The second-order valence-corrected chi connectivity index (χ2v) is 5.75. The molecular formula is C20H18FN3O3. The summed E-state index contributed by atoms with van der Waals surface area (Å²) in [4.78, 5) is 24.4. The van der Waals surface area contributed by atoms with Gasteiger partial charge in [0.25, 0.3) is 11.5 Å². The monoisotopic (exact) mass is 367 g/mol. The predicted octanol–water partition coefficient (Wildman–Crippen LogP) is 3.08. The predicted molar refractivity (Wildman–Crippen MR) is 99.6 cm³/mol. The molecule has 0 atom stereocenters. The lowest BCUT2D eigenvalue weighted by Gasteiger charge is -2.09. The first kappa shape index (κ1) is 18.3. The van der Waals surface area contributed by atoms with Crippen LogP contribution in [0.2, 0.25) is 0 Å². The second kappa shape index (κ2) is 8.27. The molecule has 0 saturated carbocycles. The van der Waals surface area contributed by atoms with Crippen molar-refractivity contribution in [1.29, 1.82) is 0 Å². The van der Waals surface area contributed by atoms with E-state index >= 15 is 0 Å². The summed E-state index contributed by atoms with van der Waals surface area (Å²) in [7, 11) is 0. The Bertz CT molecular complexity index is 983. The van der Waals surface area contributed by atoms with Gasteiger partial charge in [-0.3, -0.25) is 9.59 Å². The third kappa shape index (κ3) is 4.78. The number of rotatable bonds is 6. The zero-order valence-electron chi connectivity index (χ0n) is 14.7. The molecule has 0 aliphatic heterocycles. The summed E-state index contributed by atoms with van der Waals surface area (Å²) in [6.45, 7) is 2.59. The van der Waals surface area contributed by atoms with Crippen LogP contribution in [0.25, 0.3) is 0 Å². The number of ether oxygens (including phenoxy) is 1. The molecule has 0 aliphatic rings. The molecule has 0 unspecified atom stereocenters. The van der Waals surface area contributed by atoms with Crippen LogP contribution in [0.15, 0.2) is 65.5 Å². The average molecular weight is 367 g/mol. The largest absolute Gasteiger partial charge is 0.494 e. The van der Waals surface area contributed by atoms with Crippen LogP contribution < -0.4 is 15.6 Å². The number of carbonyl (C=O) groups excluding carboxylic acids is 1. The van der Waals surface area contributed by atoms with Crippen molar-refractivity contribution in [3.63, 3.8) is 0 Å². The van der Waals surface area contributed by atoms with E-state index in [1.54, 1.807) is 36.4 Å². The number of nitrogens with one attached hydrogen (secondary N) is 1. The maximum Gasteiger partial charge on any atom is 0.276 e. The number of hydrogen-bond acceptors (Lipinski definition) is 4. The van der Waals surface area contributed by atoms with Gasteiger partial charge in [-0.05, 0) is 55.0 Å². The molecule has 0 spiro atoms. The zero-order chi connectivity index (χ0) is 19.2. The summed E-state index contributed by atoms with van der Waals surface area (Å²) in [5.74, 6) is -0.0870. The van der Waals surface area contributed by atoms with Crippen molar-refractivity contribution in [2.45, 2.75) is 13.5 Å².